The summed E-state index contributed by atoms with van der Waals surface area (Å²) >= 11 is 0.918. The van der Waals surface area contributed by atoms with Crippen molar-refractivity contribution in [3.63, 3.8) is 0 Å². The smallest absolute Gasteiger partial charge is 0.277 e. The largest absolute Gasteiger partial charge is 0.389 e. The zero-order valence-electron chi connectivity index (χ0n) is 15.9. The minimum atomic E-state index is -1.03. The number of amides is 1. The van der Waals surface area contributed by atoms with Crippen LogP contribution in [0.15, 0.2) is 36.7 Å². The SMILES string of the molecule is Nc1sc(-c2cccc(F)c2F)nc1C(=O)Nc1cnccc1N1CCC[C@H](N)C1. The summed E-state index contributed by atoms with van der Waals surface area (Å²) in [6.07, 6.45) is 5.10. The van der Waals surface area contributed by atoms with E-state index in [0.29, 0.717) is 12.2 Å². The van der Waals surface area contributed by atoms with Crippen LogP contribution in [-0.2, 0) is 0 Å². The molecule has 10 heteroatoms. The van der Waals surface area contributed by atoms with E-state index < -0.39 is 17.5 Å². The Kier molecular flexibility index (Phi) is 5.60. The Hall–Kier alpha value is -3.11. The fraction of sp³-hybridized carbons (Fsp3) is 0.250. The summed E-state index contributed by atoms with van der Waals surface area (Å²) in [6.45, 7) is 1.50. The number of hydrogen-bond donors (Lipinski definition) is 3. The molecule has 0 spiro atoms. The van der Waals surface area contributed by atoms with Crippen LogP contribution in [0.25, 0.3) is 10.6 Å². The third-order valence-electron chi connectivity index (χ3n) is 4.90. The molecule has 5 N–H and O–H groups in total. The standard InChI is InChI=1S/C20H20F2N6OS/c21-13-5-1-4-12(16(13)22)20-27-17(18(24)30-20)19(29)26-14-9-25-7-6-15(14)28-8-2-3-11(23)10-28/h1,4-7,9,11H,2-3,8,10,23-24H2,(H,26,29)/t11-/m0/s1. The molecular weight excluding hydrogens is 410 g/mol. The Morgan fingerprint density at radius 1 is 1.30 bits per heavy atom. The molecule has 0 saturated carbocycles. The van der Waals surface area contributed by atoms with Gasteiger partial charge in [0.25, 0.3) is 5.91 Å². The van der Waals surface area contributed by atoms with Gasteiger partial charge in [-0.15, -0.1) is 0 Å². The van der Waals surface area contributed by atoms with Crippen LogP contribution in [0.2, 0.25) is 0 Å². The van der Waals surface area contributed by atoms with E-state index in [1.807, 2.05) is 6.07 Å². The molecule has 0 aliphatic carbocycles. The van der Waals surface area contributed by atoms with E-state index in [1.165, 1.54) is 12.1 Å². The highest BCUT2D eigenvalue weighted by atomic mass is 32.1. The predicted octanol–water partition coefficient (Wildman–Crippen LogP) is 3.25. The number of pyridine rings is 1. The van der Waals surface area contributed by atoms with Crippen LogP contribution in [0.3, 0.4) is 0 Å². The van der Waals surface area contributed by atoms with Gasteiger partial charge in [0.1, 0.15) is 10.0 Å². The third-order valence-corrected chi connectivity index (χ3v) is 5.81. The third kappa shape index (κ3) is 3.96. The lowest BCUT2D eigenvalue weighted by molar-refractivity contribution is 0.102. The summed E-state index contributed by atoms with van der Waals surface area (Å²) in [7, 11) is 0. The van der Waals surface area contributed by atoms with Crippen LogP contribution in [0.5, 0.6) is 0 Å². The Morgan fingerprint density at radius 2 is 2.13 bits per heavy atom. The molecule has 7 nitrogen and oxygen atoms in total. The lowest BCUT2D eigenvalue weighted by atomic mass is 10.1. The molecule has 3 heterocycles. The first-order valence-electron chi connectivity index (χ1n) is 9.40. The van der Waals surface area contributed by atoms with Gasteiger partial charge in [0.15, 0.2) is 17.3 Å². The van der Waals surface area contributed by atoms with Crippen molar-refractivity contribution >= 4 is 33.6 Å². The van der Waals surface area contributed by atoms with Gasteiger partial charge in [0.2, 0.25) is 0 Å². The number of hydrogen-bond acceptors (Lipinski definition) is 7. The lowest BCUT2D eigenvalue weighted by Crippen LogP contribution is -2.43. The second-order valence-electron chi connectivity index (χ2n) is 7.03. The van der Waals surface area contributed by atoms with E-state index in [9.17, 15) is 13.6 Å². The number of nitrogens with one attached hydrogen (secondary N) is 1. The lowest BCUT2D eigenvalue weighted by Gasteiger charge is -2.33. The van der Waals surface area contributed by atoms with Crippen molar-refractivity contribution in [3.8, 4) is 10.6 Å². The minimum Gasteiger partial charge on any atom is -0.389 e. The summed E-state index contributed by atoms with van der Waals surface area (Å²) in [4.78, 5) is 23.2. The number of nitrogens with two attached hydrogens (primary N) is 2. The van der Waals surface area contributed by atoms with E-state index in [-0.39, 0.29) is 27.3 Å². The zero-order valence-corrected chi connectivity index (χ0v) is 16.8. The van der Waals surface area contributed by atoms with Crippen LogP contribution >= 0.6 is 11.3 Å². The molecule has 1 atom stereocenters. The van der Waals surface area contributed by atoms with Gasteiger partial charge in [0.05, 0.1) is 17.6 Å². The topological polar surface area (TPSA) is 110 Å². The van der Waals surface area contributed by atoms with Crippen LogP contribution in [0, 0.1) is 11.6 Å². The van der Waals surface area contributed by atoms with Crippen molar-refractivity contribution in [1.82, 2.24) is 9.97 Å². The number of benzene rings is 1. The number of piperidine rings is 1. The van der Waals surface area contributed by atoms with E-state index in [0.717, 1.165) is 42.5 Å². The van der Waals surface area contributed by atoms with Crippen molar-refractivity contribution in [3.05, 3.63) is 54.0 Å². The Labute approximate surface area is 175 Å². The minimum absolute atomic E-state index is 0.0462. The van der Waals surface area contributed by atoms with Crippen molar-refractivity contribution < 1.29 is 13.6 Å². The molecule has 1 saturated heterocycles. The second kappa shape index (κ2) is 8.33. The second-order valence-corrected chi connectivity index (χ2v) is 8.06. The molecule has 1 aliphatic heterocycles. The van der Waals surface area contributed by atoms with E-state index in [1.54, 1.807) is 12.4 Å². The van der Waals surface area contributed by atoms with Gasteiger partial charge in [-0.3, -0.25) is 9.78 Å². The monoisotopic (exact) mass is 430 g/mol. The summed E-state index contributed by atoms with van der Waals surface area (Å²) in [5.41, 5.74) is 13.2. The number of anilines is 3. The van der Waals surface area contributed by atoms with Crippen LogP contribution in [-0.4, -0.2) is 35.0 Å². The normalized spacial score (nSPS) is 16.5. The van der Waals surface area contributed by atoms with Crippen molar-refractivity contribution in [2.75, 3.05) is 29.0 Å². The number of aromatic nitrogens is 2. The molecular formula is C20H20F2N6OS. The maximum absolute atomic E-state index is 14.1. The van der Waals surface area contributed by atoms with Crippen LogP contribution in [0.4, 0.5) is 25.2 Å². The van der Waals surface area contributed by atoms with Gasteiger partial charge in [-0.1, -0.05) is 17.4 Å². The van der Waals surface area contributed by atoms with Gasteiger partial charge in [-0.25, -0.2) is 13.8 Å². The quantitative estimate of drug-likeness (QED) is 0.586. The number of carbonyl (C=O) groups excluding carboxylic acids is 1. The van der Waals surface area contributed by atoms with Crippen LogP contribution < -0.4 is 21.7 Å². The molecule has 3 aromatic rings. The Balaban J connectivity index is 1.60. The van der Waals surface area contributed by atoms with Gasteiger partial charge >= 0.3 is 0 Å². The highest BCUT2D eigenvalue weighted by Gasteiger charge is 2.23. The number of halogens is 2. The molecule has 4 rings (SSSR count). The maximum atomic E-state index is 14.1. The van der Waals surface area contributed by atoms with E-state index in [2.05, 4.69) is 20.2 Å². The highest BCUT2D eigenvalue weighted by Crippen LogP contribution is 2.33. The van der Waals surface area contributed by atoms with Gasteiger partial charge in [0, 0.05) is 30.9 Å². The zero-order chi connectivity index (χ0) is 21.3. The maximum Gasteiger partial charge on any atom is 0.277 e. The molecule has 0 bridgehead atoms. The van der Waals surface area contributed by atoms with Crippen LogP contribution in [0.1, 0.15) is 23.3 Å². The number of rotatable bonds is 4. The summed E-state index contributed by atoms with van der Waals surface area (Å²) in [6, 6.07) is 5.65. The predicted molar refractivity (Wildman–Crippen MR) is 113 cm³/mol. The molecule has 156 valence electrons. The molecule has 1 aromatic carbocycles. The van der Waals surface area contributed by atoms with E-state index >= 15 is 0 Å². The fourth-order valence-electron chi connectivity index (χ4n) is 3.45. The summed E-state index contributed by atoms with van der Waals surface area (Å²) < 4.78 is 27.6. The molecule has 30 heavy (non-hydrogen) atoms. The van der Waals surface area contributed by atoms with Crippen molar-refractivity contribution in [2.45, 2.75) is 18.9 Å². The van der Waals surface area contributed by atoms with Crippen molar-refractivity contribution in [1.29, 1.82) is 0 Å². The molecule has 2 aromatic heterocycles. The summed E-state index contributed by atoms with van der Waals surface area (Å²) in [5, 5.41) is 3.02. The first kappa shape index (κ1) is 20.2. The Morgan fingerprint density at radius 3 is 2.93 bits per heavy atom. The first-order valence-corrected chi connectivity index (χ1v) is 10.2. The molecule has 1 aliphatic rings. The average Bonchev–Trinajstić information content (AvgIpc) is 3.12. The number of carbonyl (C=O) groups is 1. The molecule has 0 unspecified atom stereocenters. The number of nitrogen functional groups attached to an aromatic ring is 1. The van der Waals surface area contributed by atoms with Gasteiger partial charge in [-0.05, 0) is 31.0 Å². The molecule has 0 radical (unpaired) electrons. The van der Waals surface area contributed by atoms with Crippen molar-refractivity contribution in [2.24, 2.45) is 5.73 Å². The fourth-order valence-corrected chi connectivity index (χ4v) is 4.30. The summed E-state index contributed by atoms with van der Waals surface area (Å²) in [5.74, 6) is -2.58. The van der Waals surface area contributed by atoms with Gasteiger partial charge < -0.3 is 21.7 Å². The Bertz CT molecular complexity index is 1090. The molecule has 1 fully saturated rings. The number of nitrogens with zero attached hydrogens (tertiary/aromatic N) is 3. The number of thiazole rings is 1. The van der Waals surface area contributed by atoms with Gasteiger partial charge in [-0.2, -0.15) is 0 Å². The van der Waals surface area contributed by atoms with E-state index in [4.69, 9.17) is 11.5 Å². The molecule has 1 amide bonds. The first-order chi connectivity index (χ1) is 14.4. The highest BCUT2D eigenvalue weighted by molar-refractivity contribution is 7.19. The average molecular weight is 430 g/mol.